The zero-order valence-electron chi connectivity index (χ0n) is 13.2. The maximum Gasteiger partial charge on any atom is 0.254 e. The average Bonchev–Trinajstić information content (AvgIpc) is 2.52. The second kappa shape index (κ2) is 8.00. The Morgan fingerprint density at radius 3 is 2.28 bits per heavy atom. The van der Waals surface area contributed by atoms with Crippen LogP contribution in [0, 0.1) is 11.6 Å². The number of halogens is 2. The number of benzene rings is 2. The van der Waals surface area contributed by atoms with Crippen LogP contribution in [0.3, 0.4) is 0 Å². The summed E-state index contributed by atoms with van der Waals surface area (Å²) in [6, 6.07) is 8.96. The van der Waals surface area contributed by atoms with Crippen molar-refractivity contribution in [1.29, 1.82) is 0 Å². The minimum atomic E-state index is -1.01. The summed E-state index contributed by atoms with van der Waals surface area (Å²) in [4.78, 5) is 34.7. The summed E-state index contributed by atoms with van der Waals surface area (Å²) >= 11 is 0. The topological polar surface area (TPSA) is 87.3 Å². The number of nitrogens with one attached hydrogen (secondary N) is 3. The Kier molecular flexibility index (Phi) is 5.78. The van der Waals surface area contributed by atoms with Crippen LogP contribution >= 0.6 is 0 Å². The maximum absolute atomic E-state index is 13.5. The van der Waals surface area contributed by atoms with Gasteiger partial charge in [0.2, 0.25) is 11.8 Å². The normalized spacial score (nSPS) is 10.0. The molecule has 25 heavy (non-hydrogen) atoms. The Hall–Kier alpha value is -3.29. The van der Waals surface area contributed by atoms with Gasteiger partial charge in [0.25, 0.3) is 5.91 Å². The fourth-order valence-corrected chi connectivity index (χ4v) is 2.01. The van der Waals surface area contributed by atoms with Gasteiger partial charge in [0.1, 0.15) is 11.6 Å². The van der Waals surface area contributed by atoms with Crippen molar-refractivity contribution in [3.8, 4) is 0 Å². The summed E-state index contributed by atoms with van der Waals surface area (Å²) in [5.41, 5.74) is 0.558. The fourth-order valence-electron chi connectivity index (χ4n) is 2.01. The molecule has 0 bridgehead atoms. The Bertz CT molecular complexity index is 825. The third-order valence-corrected chi connectivity index (χ3v) is 3.05. The van der Waals surface area contributed by atoms with E-state index in [1.807, 2.05) is 0 Å². The zero-order chi connectivity index (χ0) is 18.4. The third-order valence-electron chi connectivity index (χ3n) is 3.05. The molecule has 6 nitrogen and oxygen atoms in total. The molecule has 3 amide bonds. The number of hydrogen-bond acceptors (Lipinski definition) is 3. The van der Waals surface area contributed by atoms with E-state index in [0.717, 1.165) is 12.1 Å². The highest BCUT2D eigenvalue weighted by atomic mass is 19.1. The van der Waals surface area contributed by atoms with Crippen LogP contribution in [-0.2, 0) is 9.59 Å². The van der Waals surface area contributed by atoms with Crippen LogP contribution in [-0.4, -0.2) is 24.3 Å². The van der Waals surface area contributed by atoms with Gasteiger partial charge >= 0.3 is 0 Å². The maximum atomic E-state index is 13.5. The first-order chi connectivity index (χ1) is 11.8. The predicted octanol–water partition coefficient (Wildman–Crippen LogP) is 2.29. The molecule has 0 saturated heterocycles. The molecule has 2 rings (SSSR count). The second-order valence-electron chi connectivity index (χ2n) is 5.12. The lowest BCUT2D eigenvalue weighted by Crippen LogP contribution is -2.33. The minimum absolute atomic E-state index is 0.253. The van der Waals surface area contributed by atoms with Gasteiger partial charge < -0.3 is 16.0 Å². The van der Waals surface area contributed by atoms with E-state index in [9.17, 15) is 23.2 Å². The Balaban J connectivity index is 1.92. The van der Waals surface area contributed by atoms with Crippen molar-refractivity contribution in [2.45, 2.75) is 6.92 Å². The molecule has 0 aliphatic rings. The molecule has 0 heterocycles. The molecule has 2 aromatic carbocycles. The largest absolute Gasteiger partial charge is 0.343 e. The molecule has 0 aliphatic carbocycles. The first-order valence-corrected chi connectivity index (χ1v) is 7.26. The van der Waals surface area contributed by atoms with Gasteiger partial charge in [-0.3, -0.25) is 14.4 Å². The number of carbonyl (C=O) groups is 3. The van der Waals surface area contributed by atoms with Crippen LogP contribution in [0.5, 0.6) is 0 Å². The van der Waals surface area contributed by atoms with Crippen molar-refractivity contribution in [2.24, 2.45) is 0 Å². The smallest absolute Gasteiger partial charge is 0.254 e. The SMILES string of the molecule is CC(=O)Nc1cccc(NC(=O)CNC(=O)c2ccc(F)cc2F)c1. The predicted molar refractivity (Wildman–Crippen MR) is 88.1 cm³/mol. The van der Waals surface area contributed by atoms with Crippen LogP contribution in [0.25, 0.3) is 0 Å². The number of rotatable bonds is 5. The van der Waals surface area contributed by atoms with Crippen molar-refractivity contribution in [1.82, 2.24) is 5.32 Å². The van der Waals surface area contributed by atoms with E-state index in [2.05, 4.69) is 16.0 Å². The second-order valence-corrected chi connectivity index (χ2v) is 5.12. The van der Waals surface area contributed by atoms with Crippen LogP contribution in [0.4, 0.5) is 20.2 Å². The molecule has 0 unspecified atom stereocenters. The van der Waals surface area contributed by atoms with Gasteiger partial charge in [0.05, 0.1) is 12.1 Å². The standard InChI is InChI=1S/C17H15F2N3O3/c1-10(23)21-12-3-2-4-13(8-12)22-16(24)9-20-17(25)14-6-5-11(18)7-15(14)19/h2-8H,9H2,1H3,(H,20,25)(H,21,23)(H,22,24). The molecule has 0 saturated carbocycles. The summed E-state index contributed by atoms with van der Waals surface area (Å²) in [5.74, 6) is -3.45. The molecule has 0 spiro atoms. The van der Waals surface area contributed by atoms with Gasteiger partial charge in [0, 0.05) is 24.4 Å². The van der Waals surface area contributed by atoms with E-state index in [4.69, 9.17) is 0 Å². The monoisotopic (exact) mass is 347 g/mol. The number of hydrogen-bond donors (Lipinski definition) is 3. The first-order valence-electron chi connectivity index (χ1n) is 7.26. The van der Waals surface area contributed by atoms with Crippen molar-refractivity contribution in [3.63, 3.8) is 0 Å². The van der Waals surface area contributed by atoms with Crippen molar-refractivity contribution in [3.05, 3.63) is 59.7 Å². The lowest BCUT2D eigenvalue weighted by molar-refractivity contribution is -0.115. The summed E-state index contributed by atoms with van der Waals surface area (Å²) in [7, 11) is 0. The van der Waals surface area contributed by atoms with E-state index in [1.54, 1.807) is 24.3 Å². The summed E-state index contributed by atoms with van der Waals surface area (Å²) in [6.07, 6.45) is 0. The molecule has 2 aromatic rings. The van der Waals surface area contributed by atoms with Gasteiger partial charge in [0.15, 0.2) is 0 Å². The molecule has 0 atom stereocenters. The van der Waals surface area contributed by atoms with Gasteiger partial charge in [-0.05, 0) is 30.3 Å². The Morgan fingerprint density at radius 1 is 0.960 bits per heavy atom. The molecule has 8 heteroatoms. The number of anilines is 2. The van der Waals surface area contributed by atoms with Crippen LogP contribution < -0.4 is 16.0 Å². The molecule has 130 valence electrons. The summed E-state index contributed by atoms with van der Waals surface area (Å²) < 4.78 is 26.3. The molecule has 3 N–H and O–H groups in total. The van der Waals surface area contributed by atoms with Crippen LogP contribution in [0.15, 0.2) is 42.5 Å². The molecule has 0 fully saturated rings. The first kappa shape index (κ1) is 18.1. The summed E-state index contributed by atoms with van der Waals surface area (Å²) in [5, 5.41) is 7.34. The van der Waals surface area contributed by atoms with E-state index in [1.165, 1.54) is 6.92 Å². The van der Waals surface area contributed by atoms with E-state index in [-0.39, 0.29) is 11.5 Å². The van der Waals surface area contributed by atoms with Gasteiger partial charge in [-0.25, -0.2) is 8.78 Å². The molecule has 0 radical (unpaired) electrons. The van der Waals surface area contributed by atoms with Crippen molar-refractivity contribution < 1.29 is 23.2 Å². The molecule has 0 aromatic heterocycles. The Labute approximate surface area is 142 Å². The number of amides is 3. The lowest BCUT2D eigenvalue weighted by atomic mass is 10.2. The quantitative estimate of drug-likeness (QED) is 0.775. The van der Waals surface area contributed by atoms with Crippen molar-refractivity contribution in [2.75, 3.05) is 17.2 Å². The van der Waals surface area contributed by atoms with Crippen molar-refractivity contribution >= 4 is 29.1 Å². The van der Waals surface area contributed by atoms with Gasteiger partial charge in [-0.2, -0.15) is 0 Å². The number of carbonyl (C=O) groups excluding carboxylic acids is 3. The lowest BCUT2D eigenvalue weighted by Gasteiger charge is -2.09. The van der Waals surface area contributed by atoms with E-state index >= 15 is 0 Å². The molecular weight excluding hydrogens is 332 g/mol. The highest BCUT2D eigenvalue weighted by Gasteiger charge is 2.13. The third kappa shape index (κ3) is 5.38. The molecular formula is C17H15F2N3O3. The van der Waals surface area contributed by atoms with E-state index in [0.29, 0.717) is 17.4 Å². The van der Waals surface area contributed by atoms with Gasteiger partial charge in [-0.15, -0.1) is 0 Å². The fraction of sp³-hybridized carbons (Fsp3) is 0.118. The molecule has 0 aliphatic heterocycles. The Morgan fingerprint density at radius 2 is 1.64 bits per heavy atom. The van der Waals surface area contributed by atoms with Gasteiger partial charge in [-0.1, -0.05) is 6.07 Å². The zero-order valence-corrected chi connectivity index (χ0v) is 13.2. The average molecular weight is 347 g/mol. The minimum Gasteiger partial charge on any atom is -0.343 e. The highest BCUT2D eigenvalue weighted by molar-refractivity contribution is 5.99. The summed E-state index contributed by atoms with van der Waals surface area (Å²) in [6.45, 7) is 0.954. The highest BCUT2D eigenvalue weighted by Crippen LogP contribution is 2.15. The van der Waals surface area contributed by atoms with Crippen LogP contribution in [0.1, 0.15) is 17.3 Å². The van der Waals surface area contributed by atoms with E-state index < -0.39 is 30.0 Å². The van der Waals surface area contributed by atoms with Crippen LogP contribution in [0.2, 0.25) is 0 Å².